The molecule has 0 heterocycles. The highest BCUT2D eigenvalue weighted by molar-refractivity contribution is 5.84. The van der Waals surface area contributed by atoms with Gasteiger partial charge in [0.1, 0.15) is 6.04 Å². The van der Waals surface area contributed by atoms with Crippen molar-refractivity contribution < 1.29 is 14.7 Å². The summed E-state index contributed by atoms with van der Waals surface area (Å²) in [6.45, 7) is 7.41. The van der Waals surface area contributed by atoms with E-state index < -0.39 is 12.0 Å². The van der Waals surface area contributed by atoms with E-state index in [1.54, 1.807) is 13.8 Å². The lowest BCUT2D eigenvalue weighted by Crippen LogP contribution is -2.43. The first-order valence-corrected chi connectivity index (χ1v) is 4.93. The summed E-state index contributed by atoms with van der Waals surface area (Å²) in [6, 6.07) is -0.760. The van der Waals surface area contributed by atoms with Gasteiger partial charge >= 0.3 is 5.97 Å². The molecule has 2 unspecified atom stereocenters. The van der Waals surface area contributed by atoms with Crippen LogP contribution in [0.3, 0.4) is 0 Å². The molecule has 0 aromatic carbocycles. The van der Waals surface area contributed by atoms with Gasteiger partial charge in [0.25, 0.3) is 0 Å². The summed E-state index contributed by atoms with van der Waals surface area (Å²) in [5, 5.41) is 11.2. The number of carbonyl (C=O) groups excluding carboxylic acids is 1. The third-order valence-corrected chi connectivity index (χ3v) is 2.44. The van der Waals surface area contributed by atoms with Crippen molar-refractivity contribution in [2.75, 3.05) is 0 Å². The lowest BCUT2D eigenvalue weighted by atomic mass is 9.97. The molecular formula is C10H19NO3. The van der Waals surface area contributed by atoms with E-state index in [1.807, 2.05) is 13.8 Å². The Balaban J connectivity index is 4.22. The van der Waals surface area contributed by atoms with Crippen LogP contribution >= 0.6 is 0 Å². The Morgan fingerprint density at radius 3 is 2.07 bits per heavy atom. The Bertz CT molecular complexity index is 213. The minimum Gasteiger partial charge on any atom is -0.480 e. The number of nitrogens with one attached hydrogen (secondary N) is 1. The van der Waals surface area contributed by atoms with Gasteiger partial charge in [-0.1, -0.05) is 27.7 Å². The Hall–Kier alpha value is -1.06. The standard InChI is InChI=1S/C10H19NO3/c1-5-8(10(13)14)11-9(12)7(4)6(2)3/h6-8H,5H2,1-4H3,(H,11,12)(H,13,14). The molecule has 2 atom stereocenters. The van der Waals surface area contributed by atoms with Gasteiger partial charge in [-0.25, -0.2) is 4.79 Å². The van der Waals surface area contributed by atoms with Crippen LogP contribution in [0, 0.1) is 11.8 Å². The molecule has 0 rings (SSSR count). The van der Waals surface area contributed by atoms with Crippen molar-refractivity contribution in [3.8, 4) is 0 Å². The summed E-state index contributed by atoms with van der Waals surface area (Å²) < 4.78 is 0. The molecule has 0 aromatic heterocycles. The van der Waals surface area contributed by atoms with Crippen LogP contribution in [0.5, 0.6) is 0 Å². The van der Waals surface area contributed by atoms with Gasteiger partial charge in [-0.3, -0.25) is 4.79 Å². The molecule has 14 heavy (non-hydrogen) atoms. The second-order valence-electron chi connectivity index (χ2n) is 3.84. The molecule has 0 fully saturated rings. The molecule has 0 aromatic rings. The first-order chi connectivity index (χ1) is 6.40. The van der Waals surface area contributed by atoms with Gasteiger partial charge in [0.05, 0.1) is 0 Å². The fourth-order valence-corrected chi connectivity index (χ4v) is 0.944. The molecule has 0 aliphatic heterocycles. The van der Waals surface area contributed by atoms with Crippen molar-refractivity contribution in [2.45, 2.75) is 40.2 Å². The maximum Gasteiger partial charge on any atom is 0.326 e. The van der Waals surface area contributed by atoms with E-state index in [0.29, 0.717) is 6.42 Å². The van der Waals surface area contributed by atoms with Crippen LogP contribution in [0.2, 0.25) is 0 Å². The van der Waals surface area contributed by atoms with Crippen LogP contribution in [0.25, 0.3) is 0 Å². The maximum atomic E-state index is 11.5. The number of amides is 1. The van der Waals surface area contributed by atoms with Gasteiger partial charge in [0, 0.05) is 5.92 Å². The number of carboxylic acid groups (broad SMARTS) is 1. The van der Waals surface area contributed by atoms with E-state index in [2.05, 4.69) is 5.32 Å². The molecule has 0 aliphatic carbocycles. The molecule has 1 amide bonds. The minimum atomic E-state index is -0.975. The number of carbonyl (C=O) groups is 2. The zero-order chi connectivity index (χ0) is 11.3. The minimum absolute atomic E-state index is 0.150. The van der Waals surface area contributed by atoms with E-state index >= 15 is 0 Å². The summed E-state index contributed by atoms with van der Waals surface area (Å²) >= 11 is 0. The number of hydrogen-bond donors (Lipinski definition) is 2. The van der Waals surface area contributed by atoms with Gasteiger partial charge in [-0.2, -0.15) is 0 Å². The molecule has 0 radical (unpaired) electrons. The smallest absolute Gasteiger partial charge is 0.326 e. The third kappa shape index (κ3) is 3.77. The number of carboxylic acids is 1. The zero-order valence-electron chi connectivity index (χ0n) is 9.20. The van der Waals surface area contributed by atoms with Gasteiger partial charge in [-0.15, -0.1) is 0 Å². The maximum absolute atomic E-state index is 11.5. The van der Waals surface area contributed by atoms with Crippen molar-refractivity contribution in [3.63, 3.8) is 0 Å². The first kappa shape index (κ1) is 12.9. The highest BCUT2D eigenvalue weighted by Crippen LogP contribution is 2.09. The van der Waals surface area contributed by atoms with Crippen molar-refractivity contribution in [1.82, 2.24) is 5.32 Å². The summed E-state index contributed by atoms with van der Waals surface area (Å²) in [4.78, 5) is 22.1. The second-order valence-corrected chi connectivity index (χ2v) is 3.84. The number of aliphatic carboxylic acids is 1. The lowest BCUT2D eigenvalue weighted by Gasteiger charge is -2.18. The Morgan fingerprint density at radius 2 is 1.79 bits per heavy atom. The summed E-state index contributed by atoms with van der Waals surface area (Å²) in [7, 11) is 0. The average molecular weight is 201 g/mol. The summed E-state index contributed by atoms with van der Waals surface area (Å²) in [6.07, 6.45) is 0.409. The van der Waals surface area contributed by atoms with E-state index in [-0.39, 0.29) is 17.7 Å². The second kappa shape index (κ2) is 5.62. The van der Waals surface area contributed by atoms with Crippen LogP contribution in [0.1, 0.15) is 34.1 Å². The number of hydrogen-bond acceptors (Lipinski definition) is 2. The third-order valence-electron chi connectivity index (χ3n) is 2.44. The van der Waals surface area contributed by atoms with Gasteiger partial charge in [0.2, 0.25) is 5.91 Å². The van der Waals surface area contributed by atoms with Gasteiger partial charge in [0.15, 0.2) is 0 Å². The van der Waals surface area contributed by atoms with Crippen molar-refractivity contribution in [3.05, 3.63) is 0 Å². The molecule has 0 saturated carbocycles. The zero-order valence-corrected chi connectivity index (χ0v) is 9.20. The van der Waals surface area contributed by atoms with Crippen LogP contribution in [0.4, 0.5) is 0 Å². The normalized spacial score (nSPS) is 14.9. The molecular weight excluding hydrogens is 182 g/mol. The van der Waals surface area contributed by atoms with Crippen LogP contribution in [-0.2, 0) is 9.59 Å². The van der Waals surface area contributed by atoms with Crippen LogP contribution < -0.4 is 5.32 Å². The van der Waals surface area contributed by atoms with E-state index in [0.717, 1.165) is 0 Å². The molecule has 0 saturated heterocycles. The Morgan fingerprint density at radius 1 is 1.29 bits per heavy atom. The van der Waals surface area contributed by atoms with Crippen molar-refractivity contribution >= 4 is 11.9 Å². The monoisotopic (exact) mass is 201 g/mol. The summed E-state index contributed by atoms with van der Waals surface area (Å²) in [5.74, 6) is -1.09. The first-order valence-electron chi connectivity index (χ1n) is 4.93. The number of rotatable bonds is 5. The van der Waals surface area contributed by atoms with Crippen LogP contribution in [-0.4, -0.2) is 23.0 Å². The largest absolute Gasteiger partial charge is 0.480 e. The Labute approximate surface area is 84.7 Å². The SMILES string of the molecule is CCC(NC(=O)C(C)C(C)C)C(=O)O. The van der Waals surface area contributed by atoms with Crippen LogP contribution in [0.15, 0.2) is 0 Å². The van der Waals surface area contributed by atoms with E-state index in [1.165, 1.54) is 0 Å². The molecule has 4 nitrogen and oxygen atoms in total. The van der Waals surface area contributed by atoms with Crippen molar-refractivity contribution in [2.24, 2.45) is 11.8 Å². The molecule has 2 N–H and O–H groups in total. The van der Waals surface area contributed by atoms with Gasteiger partial charge < -0.3 is 10.4 Å². The Kier molecular flexibility index (Phi) is 5.20. The molecule has 82 valence electrons. The molecule has 0 aliphatic rings. The topological polar surface area (TPSA) is 66.4 Å². The quantitative estimate of drug-likeness (QED) is 0.703. The van der Waals surface area contributed by atoms with E-state index in [4.69, 9.17) is 5.11 Å². The van der Waals surface area contributed by atoms with Gasteiger partial charge in [-0.05, 0) is 12.3 Å². The van der Waals surface area contributed by atoms with E-state index in [9.17, 15) is 9.59 Å². The summed E-state index contributed by atoms with van der Waals surface area (Å²) in [5.41, 5.74) is 0. The molecule has 0 spiro atoms. The molecule has 0 bridgehead atoms. The fourth-order valence-electron chi connectivity index (χ4n) is 0.944. The fraction of sp³-hybridized carbons (Fsp3) is 0.800. The highest BCUT2D eigenvalue weighted by atomic mass is 16.4. The van der Waals surface area contributed by atoms with Crippen molar-refractivity contribution in [1.29, 1.82) is 0 Å². The average Bonchev–Trinajstić information content (AvgIpc) is 2.11. The highest BCUT2D eigenvalue weighted by Gasteiger charge is 2.22. The predicted molar refractivity (Wildman–Crippen MR) is 53.9 cm³/mol. The molecule has 4 heteroatoms. The predicted octanol–water partition coefficient (Wildman–Crippen LogP) is 1.26. The lowest BCUT2D eigenvalue weighted by molar-refractivity contribution is -0.142.